The second-order valence-corrected chi connectivity index (χ2v) is 2.41. The predicted molar refractivity (Wildman–Crippen MR) is 45.5 cm³/mol. The topological polar surface area (TPSA) is 84.1 Å². The molecule has 0 radical (unpaired) electrons. The number of nitrogens with two attached hydrogens (primary N) is 1. The van der Waals surface area contributed by atoms with E-state index in [9.17, 15) is 5.11 Å². The van der Waals surface area contributed by atoms with Crippen LogP contribution in [0.2, 0.25) is 0 Å². The minimum atomic E-state index is -0.101. The summed E-state index contributed by atoms with van der Waals surface area (Å²) in [5.74, 6) is 5.09. The Kier molecular flexibility index (Phi) is 2.82. The van der Waals surface area contributed by atoms with Gasteiger partial charge in [0.2, 0.25) is 5.88 Å². The Labute approximate surface area is 70.6 Å². The van der Waals surface area contributed by atoms with Crippen LogP contribution in [0.15, 0.2) is 6.33 Å². The van der Waals surface area contributed by atoms with Gasteiger partial charge in [0, 0.05) is 0 Å². The first-order valence-corrected chi connectivity index (χ1v) is 3.79. The molecule has 12 heavy (non-hydrogen) atoms. The van der Waals surface area contributed by atoms with Crippen molar-refractivity contribution in [3.63, 3.8) is 0 Å². The summed E-state index contributed by atoms with van der Waals surface area (Å²) >= 11 is 0. The highest BCUT2D eigenvalue weighted by atomic mass is 16.3. The molecule has 0 saturated heterocycles. The molecular formula is C7H12N4O. The normalized spacial score (nSPS) is 9.83. The third-order valence-electron chi connectivity index (χ3n) is 1.54. The Morgan fingerprint density at radius 3 is 2.92 bits per heavy atom. The molecule has 0 fully saturated rings. The quantitative estimate of drug-likeness (QED) is 0.450. The van der Waals surface area contributed by atoms with Crippen LogP contribution >= 0.6 is 0 Å². The highest BCUT2D eigenvalue weighted by Gasteiger charge is 2.07. The second kappa shape index (κ2) is 3.87. The lowest BCUT2D eigenvalue weighted by Crippen LogP contribution is -2.11. The number of nitrogens with one attached hydrogen (secondary N) is 1. The molecule has 66 valence electrons. The highest BCUT2D eigenvalue weighted by Crippen LogP contribution is 2.21. The fourth-order valence-electron chi connectivity index (χ4n) is 0.986. The van der Waals surface area contributed by atoms with E-state index in [1.807, 2.05) is 6.92 Å². The molecule has 0 aliphatic rings. The number of hydrogen-bond acceptors (Lipinski definition) is 5. The van der Waals surface area contributed by atoms with Gasteiger partial charge >= 0.3 is 0 Å². The summed E-state index contributed by atoms with van der Waals surface area (Å²) in [5.41, 5.74) is 3.53. The number of hydrogen-bond donors (Lipinski definition) is 3. The van der Waals surface area contributed by atoms with Gasteiger partial charge in [0.25, 0.3) is 0 Å². The number of hydrazine groups is 1. The highest BCUT2D eigenvalue weighted by molar-refractivity contribution is 5.54. The molecule has 1 heterocycles. The van der Waals surface area contributed by atoms with Gasteiger partial charge in [0.15, 0.2) is 0 Å². The summed E-state index contributed by atoms with van der Waals surface area (Å²) in [6, 6.07) is 0. The third kappa shape index (κ3) is 1.62. The molecule has 0 unspecified atom stereocenters. The Morgan fingerprint density at radius 2 is 2.33 bits per heavy atom. The van der Waals surface area contributed by atoms with Crippen molar-refractivity contribution in [3.8, 4) is 5.88 Å². The molecule has 0 aliphatic heterocycles. The first-order chi connectivity index (χ1) is 5.79. The van der Waals surface area contributed by atoms with Crippen LogP contribution in [0.25, 0.3) is 0 Å². The molecule has 0 aromatic carbocycles. The number of aryl methyl sites for hydroxylation is 1. The molecule has 5 heteroatoms. The van der Waals surface area contributed by atoms with Crippen molar-refractivity contribution in [3.05, 3.63) is 12.0 Å². The van der Waals surface area contributed by atoms with Gasteiger partial charge in [-0.2, -0.15) is 0 Å². The Bertz CT molecular complexity index is 264. The maximum atomic E-state index is 9.22. The molecule has 0 amide bonds. The summed E-state index contributed by atoms with van der Waals surface area (Å²) < 4.78 is 0. The number of aromatic hydroxyl groups is 1. The monoisotopic (exact) mass is 168 g/mol. The molecule has 0 atom stereocenters. The van der Waals surface area contributed by atoms with Crippen molar-refractivity contribution in [2.24, 2.45) is 5.84 Å². The average Bonchev–Trinajstić information content (AvgIpc) is 2.05. The van der Waals surface area contributed by atoms with Gasteiger partial charge in [-0.3, -0.25) is 5.84 Å². The zero-order chi connectivity index (χ0) is 8.97. The summed E-state index contributed by atoms with van der Waals surface area (Å²) in [4.78, 5) is 7.58. The molecule has 0 saturated carbocycles. The summed E-state index contributed by atoms with van der Waals surface area (Å²) in [6.07, 6.45) is 3.04. The van der Waals surface area contributed by atoms with Crippen LogP contribution in [0.3, 0.4) is 0 Å². The lowest BCUT2D eigenvalue weighted by molar-refractivity contribution is 0.453. The van der Waals surface area contributed by atoms with Gasteiger partial charge < -0.3 is 10.5 Å². The zero-order valence-corrected chi connectivity index (χ0v) is 6.91. The number of nitrogen functional groups attached to an aromatic ring is 1. The third-order valence-corrected chi connectivity index (χ3v) is 1.54. The molecule has 5 nitrogen and oxygen atoms in total. The molecule has 1 aromatic rings. The van der Waals surface area contributed by atoms with Crippen LogP contribution in [0.4, 0.5) is 5.69 Å². The molecule has 0 aliphatic carbocycles. The fourth-order valence-corrected chi connectivity index (χ4v) is 0.986. The largest absolute Gasteiger partial charge is 0.492 e. The van der Waals surface area contributed by atoms with Gasteiger partial charge in [0.1, 0.15) is 12.0 Å². The van der Waals surface area contributed by atoms with Gasteiger partial charge in [-0.1, -0.05) is 13.3 Å². The molecule has 0 spiro atoms. The standard InChI is InChI=1S/C7H12N4O/c1-2-3-5-6(11-8)7(12)10-4-9-5/h4,11H,2-3,8H2,1H3,(H,9,10,12). The van der Waals surface area contributed by atoms with E-state index in [0.29, 0.717) is 5.69 Å². The van der Waals surface area contributed by atoms with Crippen LogP contribution < -0.4 is 11.3 Å². The molecule has 4 N–H and O–H groups in total. The van der Waals surface area contributed by atoms with Crippen LogP contribution in [0.5, 0.6) is 5.88 Å². The maximum absolute atomic E-state index is 9.22. The molecule has 1 rings (SSSR count). The number of rotatable bonds is 3. The van der Waals surface area contributed by atoms with E-state index >= 15 is 0 Å². The molecular weight excluding hydrogens is 156 g/mol. The smallest absolute Gasteiger partial charge is 0.239 e. The van der Waals surface area contributed by atoms with Crippen LogP contribution in [0, 0.1) is 0 Å². The van der Waals surface area contributed by atoms with Crippen LogP contribution in [-0.2, 0) is 6.42 Å². The maximum Gasteiger partial charge on any atom is 0.239 e. The van der Waals surface area contributed by atoms with Gasteiger partial charge in [-0.15, -0.1) is 0 Å². The Hall–Kier alpha value is -1.36. The Morgan fingerprint density at radius 1 is 1.58 bits per heavy atom. The lowest BCUT2D eigenvalue weighted by atomic mass is 10.2. The van der Waals surface area contributed by atoms with Crippen molar-refractivity contribution in [2.75, 3.05) is 5.43 Å². The van der Waals surface area contributed by atoms with E-state index in [0.717, 1.165) is 18.5 Å². The summed E-state index contributed by atoms with van der Waals surface area (Å²) in [6.45, 7) is 2.03. The molecule has 0 bridgehead atoms. The van der Waals surface area contributed by atoms with E-state index < -0.39 is 0 Å². The van der Waals surface area contributed by atoms with Gasteiger partial charge in [-0.05, 0) is 6.42 Å². The van der Waals surface area contributed by atoms with E-state index in [1.54, 1.807) is 0 Å². The van der Waals surface area contributed by atoms with E-state index in [1.165, 1.54) is 6.33 Å². The minimum absolute atomic E-state index is 0.101. The first kappa shape index (κ1) is 8.73. The molecule has 1 aromatic heterocycles. The number of anilines is 1. The van der Waals surface area contributed by atoms with Crippen LogP contribution in [-0.4, -0.2) is 15.1 Å². The lowest BCUT2D eigenvalue weighted by Gasteiger charge is -2.06. The van der Waals surface area contributed by atoms with Crippen LogP contribution in [0.1, 0.15) is 19.0 Å². The van der Waals surface area contributed by atoms with E-state index in [2.05, 4.69) is 15.4 Å². The average molecular weight is 168 g/mol. The predicted octanol–water partition coefficient (Wildman–Crippen LogP) is 0.420. The first-order valence-electron chi connectivity index (χ1n) is 3.79. The van der Waals surface area contributed by atoms with Crippen molar-refractivity contribution in [1.82, 2.24) is 9.97 Å². The van der Waals surface area contributed by atoms with E-state index in [4.69, 9.17) is 5.84 Å². The van der Waals surface area contributed by atoms with Crippen molar-refractivity contribution in [2.45, 2.75) is 19.8 Å². The van der Waals surface area contributed by atoms with Gasteiger partial charge in [-0.25, -0.2) is 9.97 Å². The fraction of sp³-hybridized carbons (Fsp3) is 0.429. The Balaban J connectivity index is 3.00. The number of aromatic nitrogens is 2. The summed E-state index contributed by atoms with van der Waals surface area (Å²) in [5, 5.41) is 9.22. The second-order valence-electron chi connectivity index (χ2n) is 2.41. The van der Waals surface area contributed by atoms with Crippen molar-refractivity contribution < 1.29 is 5.11 Å². The van der Waals surface area contributed by atoms with E-state index in [-0.39, 0.29) is 5.88 Å². The van der Waals surface area contributed by atoms with Crippen molar-refractivity contribution >= 4 is 5.69 Å². The number of nitrogens with zero attached hydrogens (tertiary/aromatic N) is 2. The van der Waals surface area contributed by atoms with Gasteiger partial charge in [0.05, 0.1) is 5.69 Å². The minimum Gasteiger partial charge on any atom is -0.492 e. The zero-order valence-electron chi connectivity index (χ0n) is 6.91. The SMILES string of the molecule is CCCc1ncnc(O)c1NN. The summed E-state index contributed by atoms with van der Waals surface area (Å²) in [7, 11) is 0. The van der Waals surface area contributed by atoms with Crippen molar-refractivity contribution in [1.29, 1.82) is 0 Å².